The number of ether oxygens (including phenoxy) is 1. The maximum atomic E-state index is 12.8. The molecule has 28 heavy (non-hydrogen) atoms. The van der Waals surface area contributed by atoms with Crippen molar-refractivity contribution in [3.8, 4) is 0 Å². The third-order valence-electron chi connectivity index (χ3n) is 4.12. The van der Waals surface area contributed by atoms with Crippen LogP contribution in [-0.2, 0) is 23.6 Å². The van der Waals surface area contributed by atoms with Crippen molar-refractivity contribution in [3.63, 3.8) is 0 Å². The molecule has 6 heteroatoms. The Kier molecular flexibility index (Phi) is 7.65. The lowest BCUT2D eigenvalue weighted by atomic mass is 10.1. The smallest absolute Gasteiger partial charge is 0.252 e. The van der Waals surface area contributed by atoms with Gasteiger partial charge in [-0.25, -0.2) is 4.98 Å². The SMILES string of the molecule is CC(C)OCc1ccccc1CNC(=O)c1ccccc1SCc1cscn1. The fraction of sp³-hybridized carbons (Fsp3) is 0.273. The van der Waals surface area contributed by atoms with Crippen LogP contribution in [0.15, 0.2) is 64.3 Å². The lowest BCUT2D eigenvalue weighted by Gasteiger charge is -2.14. The van der Waals surface area contributed by atoms with E-state index in [0.29, 0.717) is 18.7 Å². The van der Waals surface area contributed by atoms with Gasteiger partial charge in [0, 0.05) is 22.6 Å². The van der Waals surface area contributed by atoms with Crippen molar-refractivity contribution in [2.24, 2.45) is 0 Å². The molecule has 2 aromatic carbocycles. The topological polar surface area (TPSA) is 51.2 Å². The molecule has 0 aliphatic rings. The lowest BCUT2D eigenvalue weighted by molar-refractivity contribution is 0.0651. The monoisotopic (exact) mass is 412 g/mol. The minimum absolute atomic E-state index is 0.0686. The average Bonchev–Trinajstić information content (AvgIpc) is 3.23. The molecule has 0 unspecified atom stereocenters. The highest BCUT2D eigenvalue weighted by molar-refractivity contribution is 7.98. The van der Waals surface area contributed by atoms with Gasteiger partial charge in [-0.2, -0.15) is 0 Å². The van der Waals surface area contributed by atoms with Gasteiger partial charge in [-0.1, -0.05) is 36.4 Å². The normalized spacial score (nSPS) is 11.0. The zero-order chi connectivity index (χ0) is 19.8. The molecule has 1 N–H and O–H groups in total. The molecular weight excluding hydrogens is 388 g/mol. The van der Waals surface area contributed by atoms with E-state index in [-0.39, 0.29) is 12.0 Å². The van der Waals surface area contributed by atoms with Crippen LogP contribution in [0.3, 0.4) is 0 Å². The molecule has 0 spiro atoms. The standard InChI is InChI=1S/C22H24N2O2S2/c1-16(2)26-12-18-8-4-3-7-17(18)11-23-22(25)20-9-5-6-10-21(20)28-14-19-13-27-15-24-19/h3-10,13,15-16H,11-12,14H2,1-2H3,(H,23,25). The summed E-state index contributed by atoms with van der Waals surface area (Å²) in [6.07, 6.45) is 0.171. The first kappa shape index (κ1) is 20.6. The van der Waals surface area contributed by atoms with Crippen LogP contribution >= 0.6 is 23.1 Å². The Morgan fingerprint density at radius 1 is 1.14 bits per heavy atom. The van der Waals surface area contributed by atoms with Gasteiger partial charge in [-0.3, -0.25) is 4.79 Å². The van der Waals surface area contributed by atoms with Crippen LogP contribution in [0.5, 0.6) is 0 Å². The van der Waals surface area contributed by atoms with Crippen LogP contribution in [-0.4, -0.2) is 17.0 Å². The van der Waals surface area contributed by atoms with E-state index in [4.69, 9.17) is 4.74 Å². The van der Waals surface area contributed by atoms with E-state index < -0.39 is 0 Å². The minimum atomic E-state index is -0.0686. The number of hydrogen-bond acceptors (Lipinski definition) is 5. The first-order valence-electron chi connectivity index (χ1n) is 9.19. The van der Waals surface area contributed by atoms with Gasteiger partial charge in [0.05, 0.1) is 29.5 Å². The number of carbonyl (C=O) groups excluding carboxylic acids is 1. The number of nitrogens with one attached hydrogen (secondary N) is 1. The molecule has 0 fully saturated rings. The van der Waals surface area contributed by atoms with Crippen molar-refractivity contribution < 1.29 is 9.53 Å². The van der Waals surface area contributed by atoms with Gasteiger partial charge in [0.2, 0.25) is 0 Å². The van der Waals surface area contributed by atoms with Crippen molar-refractivity contribution in [3.05, 3.63) is 81.8 Å². The number of rotatable bonds is 9. The predicted molar refractivity (Wildman–Crippen MR) is 116 cm³/mol. The molecule has 3 rings (SSSR count). The van der Waals surface area contributed by atoms with Crippen LogP contribution in [0.25, 0.3) is 0 Å². The third kappa shape index (κ3) is 5.92. The summed E-state index contributed by atoms with van der Waals surface area (Å²) in [6, 6.07) is 15.8. The van der Waals surface area contributed by atoms with Crippen molar-refractivity contribution in [1.29, 1.82) is 0 Å². The highest BCUT2D eigenvalue weighted by Gasteiger charge is 2.12. The Morgan fingerprint density at radius 3 is 2.64 bits per heavy atom. The Balaban J connectivity index is 1.64. The number of thioether (sulfide) groups is 1. The Hall–Kier alpha value is -2.15. The zero-order valence-electron chi connectivity index (χ0n) is 16.1. The van der Waals surface area contributed by atoms with Gasteiger partial charge < -0.3 is 10.1 Å². The third-order valence-corrected chi connectivity index (χ3v) is 5.86. The fourth-order valence-corrected chi connectivity index (χ4v) is 4.25. The molecule has 146 valence electrons. The lowest BCUT2D eigenvalue weighted by Crippen LogP contribution is -2.24. The molecule has 4 nitrogen and oxygen atoms in total. The maximum absolute atomic E-state index is 12.8. The molecule has 1 amide bonds. The summed E-state index contributed by atoms with van der Waals surface area (Å²) >= 11 is 3.22. The fourth-order valence-electron chi connectivity index (χ4n) is 2.64. The van der Waals surface area contributed by atoms with Crippen LogP contribution in [0.1, 0.15) is 41.0 Å². The Morgan fingerprint density at radius 2 is 1.89 bits per heavy atom. The minimum Gasteiger partial charge on any atom is -0.374 e. The van der Waals surface area contributed by atoms with Crippen LogP contribution in [0.4, 0.5) is 0 Å². The van der Waals surface area contributed by atoms with Gasteiger partial charge in [0.15, 0.2) is 0 Å². The van der Waals surface area contributed by atoms with Crippen LogP contribution < -0.4 is 5.32 Å². The van der Waals surface area contributed by atoms with E-state index in [2.05, 4.69) is 10.3 Å². The van der Waals surface area contributed by atoms with Gasteiger partial charge in [0.1, 0.15) is 0 Å². The quantitative estimate of drug-likeness (QED) is 0.485. The maximum Gasteiger partial charge on any atom is 0.252 e. The summed E-state index contributed by atoms with van der Waals surface area (Å²) in [5.41, 5.74) is 5.73. The second kappa shape index (κ2) is 10.4. The van der Waals surface area contributed by atoms with Gasteiger partial charge in [-0.05, 0) is 37.1 Å². The Labute approximate surface area is 174 Å². The highest BCUT2D eigenvalue weighted by atomic mass is 32.2. The number of aromatic nitrogens is 1. The first-order valence-corrected chi connectivity index (χ1v) is 11.1. The first-order chi connectivity index (χ1) is 13.6. The number of carbonyl (C=O) groups is 1. The van der Waals surface area contributed by atoms with E-state index in [1.54, 1.807) is 23.1 Å². The number of thiazole rings is 1. The number of hydrogen-bond donors (Lipinski definition) is 1. The average molecular weight is 413 g/mol. The molecule has 0 saturated heterocycles. The van der Waals surface area contributed by atoms with E-state index in [1.165, 1.54) is 0 Å². The largest absolute Gasteiger partial charge is 0.374 e. The van der Waals surface area contributed by atoms with Gasteiger partial charge in [0.25, 0.3) is 5.91 Å². The second-order valence-corrected chi connectivity index (χ2v) is 8.31. The molecule has 0 atom stereocenters. The number of amides is 1. The van der Waals surface area contributed by atoms with Crippen molar-refractivity contribution in [2.45, 2.75) is 43.8 Å². The molecule has 0 aliphatic heterocycles. The summed E-state index contributed by atoms with van der Waals surface area (Å²) in [6.45, 7) is 5.06. The van der Waals surface area contributed by atoms with E-state index in [0.717, 1.165) is 27.5 Å². The number of benzene rings is 2. The summed E-state index contributed by atoms with van der Waals surface area (Å²) in [7, 11) is 0. The summed E-state index contributed by atoms with van der Waals surface area (Å²) in [4.78, 5) is 18.1. The summed E-state index contributed by atoms with van der Waals surface area (Å²) in [5.74, 6) is 0.685. The zero-order valence-corrected chi connectivity index (χ0v) is 17.7. The van der Waals surface area contributed by atoms with E-state index in [1.807, 2.05) is 73.3 Å². The predicted octanol–water partition coefficient (Wildman–Crippen LogP) is 5.29. The molecular formula is C22H24N2O2S2. The van der Waals surface area contributed by atoms with Crippen molar-refractivity contribution >= 4 is 29.0 Å². The molecule has 1 aromatic heterocycles. The summed E-state index contributed by atoms with van der Waals surface area (Å²) < 4.78 is 5.73. The summed E-state index contributed by atoms with van der Waals surface area (Å²) in [5, 5.41) is 5.09. The molecule has 0 saturated carbocycles. The second-order valence-electron chi connectivity index (χ2n) is 6.58. The Bertz CT molecular complexity index is 895. The van der Waals surface area contributed by atoms with E-state index in [9.17, 15) is 4.79 Å². The molecule has 0 aliphatic carbocycles. The van der Waals surface area contributed by atoms with Crippen LogP contribution in [0.2, 0.25) is 0 Å². The van der Waals surface area contributed by atoms with Crippen LogP contribution in [0, 0.1) is 0 Å². The highest BCUT2D eigenvalue weighted by Crippen LogP contribution is 2.26. The van der Waals surface area contributed by atoms with Gasteiger partial charge >= 0.3 is 0 Å². The molecule has 0 bridgehead atoms. The molecule has 1 heterocycles. The molecule has 3 aromatic rings. The van der Waals surface area contributed by atoms with Crippen molar-refractivity contribution in [1.82, 2.24) is 10.3 Å². The van der Waals surface area contributed by atoms with E-state index >= 15 is 0 Å². The number of nitrogens with zero attached hydrogens (tertiary/aromatic N) is 1. The van der Waals surface area contributed by atoms with Crippen molar-refractivity contribution in [2.75, 3.05) is 0 Å². The van der Waals surface area contributed by atoms with Gasteiger partial charge in [-0.15, -0.1) is 23.1 Å². The molecule has 0 radical (unpaired) electrons.